The minimum absolute atomic E-state index is 0.490. The van der Waals surface area contributed by atoms with Gasteiger partial charge in [-0.1, -0.05) is 32.1 Å². The third kappa shape index (κ3) is 8.65. The van der Waals surface area contributed by atoms with Crippen LogP contribution in [0.25, 0.3) is 0 Å². The first-order valence-electron chi connectivity index (χ1n) is 5.92. The van der Waals surface area contributed by atoms with Gasteiger partial charge in [0.1, 0.15) is 12.1 Å². The maximum Gasteiger partial charge on any atom is 0.320 e. The monoisotopic (exact) mass is 246 g/mol. The summed E-state index contributed by atoms with van der Waals surface area (Å²) in [5.41, 5.74) is 10.7. The van der Waals surface area contributed by atoms with Gasteiger partial charge in [-0.05, 0) is 12.8 Å². The van der Waals surface area contributed by atoms with Crippen LogP contribution in [-0.2, 0) is 9.59 Å². The second-order valence-electron chi connectivity index (χ2n) is 4.23. The Hall–Kier alpha value is -1.14. The first-order valence-corrected chi connectivity index (χ1v) is 5.92. The summed E-state index contributed by atoms with van der Waals surface area (Å²) in [6, 6.07) is -1.54. The second kappa shape index (κ2) is 8.95. The number of hydrogen-bond acceptors (Lipinski definition) is 4. The standard InChI is InChI=1S/C11H22N2O4/c12-8(10(14)15)6-4-2-1-3-5-7-9(13)11(16)17/h8-9H,1-7,12-13H2,(H,14,15)(H,16,17)/t8-,9-/m1/s1. The number of hydrogen-bond donors (Lipinski definition) is 4. The van der Waals surface area contributed by atoms with Crippen LogP contribution in [0.1, 0.15) is 44.9 Å². The third-order valence-electron chi connectivity index (χ3n) is 2.66. The molecule has 0 aromatic carbocycles. The number of unbranched alkanes of at least 4 members (excludes halogenated alkanes) is 4. The lowest BCUT2D eigenvalue weighted by Gasteiger charge is -2.07. The third-order valence-corrected chi connectivity index (χ3v) is 2.66. The molecule has 0 aromatic heterocycles. The molecule has 0 aliphatic rings. The Morgan fingerprint density at radius 1 is 0.765 bits per heavy atom. The van der Waals surface area contributed by atoms with E-state index in [1.54, 1.807) is 0 Å². The molecule has 0 unspecified atom stereocenters. The first kappa shape index (κ1) is 15.9. The highest BCUT2D eigenvalue weighted by Crippen LogP contribution is 2.09. The molecule has 0 bridgehead atoms. The molecule has 2 atom stereocenters. The van der Waals surface area contributed by atoms with Gasteiger partial charge in [0.05, 0.1) is 0 Å². The van der Waals surface area contributed by atoms with E-state index >= 15 is 0 Å². The second-order valence-corrected chi connectivity index (χ2v) is 4.23. The molecule has 0 amide bonds. The molecule has 0 aromatic rings. The highest BCUT2D eigenvalue weighted by atomic mass is 16.4. The van der Waals surface area contributed by atoms with Crippen LogP contribution in [0, 0.1) is 0 Å². The van der Waals surface area contributed by atoms with Gasteiger partial charge >= 0.3 is 11.9 Å². The van der Waals surface area contributed by atoms with Gasteiger partial charge in [-0.15, -0.1) is 0 Å². The van der Waals surface area contributed by atoms with Crippen molar-refractivity contribution in [3.05, 3.63) is 0 Å². The average Bonchev–Trinajstić information content (AvgIpc) is 2.26. The van der Waals surface area contributed by atoms with Gasteiger partial charge in [-0.25, -0.2) is 0 Å². The summed E-state index contributed by atoms with van der Waals surface area (Å²) in [5, 5.41) is 17.1. The molecule has 0 heterocycles. The Labute approximate surface area is 101 Å². The van der Waals surface area contributed by atoms with Crippen molar-refractivity contribution in [3.63, 3.8) is 0 Å². The van der Waals surface area contributed by atoms with E-state index in [1.807, 2.05) is 0 Å². The van der Waals surface area contributed by atoms with Crippen molar-refractivity contribution in [2.75, 3.05) is 0 Å². The summed E-state index contributed by atoms with van der Waals surface area (Å²) in [7, 11) is 0. The van der Waals surface area contributed by atoms with E-state index in [2.05, 4.69) is 0 Å². The molecule has 0 spiro atoms. The highest BCUT2D eigenvalue weighted by molar-refractivity contribution is 5.73. The molecular formula is C11H22N2O4. The zero-order chi connectivity index (χ0) is 13.3. The Kier molecular flexibility index (Phi) is 8.35. The number of nitrogens with two attached hydrogens (primary N) is 2. The smallest absolute Gasteiger partial charge is 0.320 e. The van der Waals surface area contributed by atoms with Gasteiger partial charge in [-0.2, -0.15) is 0 Å². The number of carboxylic acids is 2. The van der Waals surface area contributed by atoms with Crippen LogP contribution in [0.3, 0.4) is 0 Å². The fourth-order valence-electron chi connectivity index (χ4n) is 1.51. The molecule has 0 fully saturated rings. The van der Waals surface area contributed by atoms with Crippen LogP contribution < -0.4 is 11.5 Å². The van der Waals surface area contributed by atoms with Crippen molar-refractivity contribution in [1.82, 2.24) is 0 Å². The lowest BCUT2D eigenvalue weighted by Crippen LogP contribution is -2.29. The topological polar surface area (TPSA) is 127 Å². The fourth-order valence-corrected chi connectivity index (χ4v) is 1.51. The van der Waals surface area contributed by atoms with Crippen LogP contribution in [0.15, 0.2) is 0 Å². The highest BCUT2D eigenvalue weighted by Gasteiger charge is 2.11. The van der Waals surface area contributed by atoms with Crippen molar-refractivity contribution in [3.8, 4) is 0 Å². The van der Waals surface area contributed by atoms with Crippen molar-refractivity contribution in [2.45, 2.75) is 57.0 Å². The van der Waals surface area contributed by atoms with Gasteiger partial charge in [0, 0.05) is 0 Å². The predicted octanol–water partition coefficient (Wildman–Crippen LogP) is 0.541. The molecule has 0 aliphatic heterocycles. The molecule has 0 radical (unpaired) electrons. The summed E-state index contributed by atoms with van der Waals surface area (Å²) < 4.78 is 0. The SMILES string of the molecule is N[C@H](CCCCCCC[C@@H](N)C(=O)O)C(=O)O. The Balaban J connectivity index is 3.30. The number of aliphatic carboxylic acids is 2. The molecule has 0 saturated carbocycles. The molecular weight excluding hydrogens is 224 g/mol. The van der Waals surface area contributed by atoms with Crippen molar-refractivity contribution < 1.29 is 19.8 Å². The number of carboxylic acid groups (broad SMARTS) is 2. The lowest BCUT2D eigenvalue weighted by molar-refractivity contribution is -0.139. The van der Waals surface area contributed by atoms with E-state index in [-0.39, 0.29) is 0 Å². The van der Waals surface area contributed by atoms with E-state index in [1.165, 1.54) is 0 Å². The fraction of sp³-hybridized carbons (Fsp3) is 0.818. The Morgan fingerprint density at radius 3 is 1.35 bits per heavy atom. The van der Waals surface area contributed by atoms with E-state index in [0.717, 1.165) is 32.1 Å². The van der Waals surface area contributed by atoms with Gasteiger partial charge in [0.15, 0.2) is 0 Å². The molecule has 17 heavy (non-hydrogen) atoms. The molecule has 0 aliphatic carbocycles. The number of carbonyl (C=O) groups is 2. The van der Waals surface area contributed by atoms with Crippen LogP contribution in [0.5, 0.6) is 0 Å². The predicted molar refractivity (Wildman–Crippen MR) is 63.5 cm³/mol. The van der Waals surface area contributed by atoms with Crippen molar-refractivity contribution in [1.29, 1.82) is 0 Å². The van der Waals surface area contributed by atoms with Crippen LogP contribution in [-0.4, -0.2) is 34.2 Å². The van der Waals surface area contributed by atoms with Crippen LogP contribution >= 0.6 is 0 Å². The van der Waals surface area contributed by atoms with Crippen LogP contribution in [0.2, 0.25) is 0 Å². The molecule has 0 rings (SSSR count). The quantitative estimate of drug-likeness (QED) is 0.417. The molecule has 6 nitrogen and oxygen atoms in total. The van der Waals surface area contributed by atoms with Crippen LogP contribution in [0.4, 0.5) is 0 Å². The van der Waals surface area contributed by atoms with Crippen molar-refractivity contribution >= 4 is 11.9 Å². The van der Waals surface area contributed by atoms with E-state index in [0.29, 0.717) is 12.8 Å². The number of rotatable bonds is 10. The normalized spacial score (nSPS) is 14.2. The van der Waals surface area contributed by atoms with Crippen molar-refractivity contribution in [2.24, 2.45) is 11.5 Å². The maximum atomic E-state index is 10.4. The minimum atomic E-state index is -0.961. The zero-order valence-corrected chi connectivity index (χ0v) is 9.97. The van der Waals surface area contributed by atoms with Gasteiger partial charge in [0.2, 0.25) is 0 Å². The molecule has 6 heteroatoms. The first-order chi connectivity index (χ1) is 7.95. The summed E-state index contributed by atoms with van der Waals surface area (Å²) in [6.45, 7) is 0. The summed E-state index contributed by atoms with van der Waals surface area (Å²) in [4.78, 5) is 20.8. The maximum absolute atomic E-state index is 10.4. The summed E-state index contributed by atoms with van der Waals surface area (Å²) in [6.07, 6.45) is 5.36. The minimum Gasteiger partial charge on any atom is -0.480 e. The van der Waals surface area contributed by atoms with E-state index in [9.17, 15) is 9.59 Å². The molecule has 100 valence electrons. The van der Waals surface area contributed by atoms with E-state index in [4.69, 9.17) is 21.7 Å². The zero-order valence-electron chi connectivity index (χ0n) is 9.97. The largest absolute Gasteiger partial charge is 0.480 e. The lowest BCUT2D eigenvalue weighted by atomic mass is 10.0. The van der Waals surface area contributed by atoms with Gasteiger partial charge < -0.3 is 21.7 Å². The summed E-state index contributed by atoms with van der Waals surface area (Å²) in [5.74, 6) is -1.92. The van der Waals surface area contributed by atoms with E-state index < -0.39 is 24.0 Å². The average molecular weight is 246 g/mol. The van der Waals surface area contributed by atoms with Gasteiger partial charge in [-0.3, -0.25) is 9.59 Å². The Morgan fingerprint density at radius 2 is 1.06 bits per heavy atom. The van der Waals surface area contributed by atoms with Gasteiger partial charge in [0.25, 0.3) is 0 Å². The summed E-state index contributed by atoms with van der Waals surface area (Å²) >= 11 is 0. The Bertz CT molecular complexity index is 222. The molecule has 0 saturated heterocycles. The molecule has 6 N–H and O–H groups in total.